The fourth-order valence-electron chi connectivity index (χ4n) is 5.05. The minimum absolute atomic E-state index is 0.0490. The summed E-state index contributed by atoms with van der Waals surface area (Å²) in [5.41, 5.74) is -0.876. The number of ketones is 1. The molecule has 0 radical (unpaired) electrons. The molecule has 34 heavy (non-hydrogen) atoms. The van der Waals surface area contributed by atoms with Crippen molar-refractivity contribution >= 4 is 45.2 Å². The van der Waals surface area contributed by atoms with Crippen molar-refractivity contribution in [2.75, 3.05) is 31.1 Å². The van der Waals surface area contributed by atoms with Gasteiger partial charge in [-0.25, -0.2) is 4.79 Å². The second-order valence-corrected chi connectivity index (χ2v) is 9.14. The molecular formula is C22H23BrN4O7. The van der Waals surface area contributed by atoms with E-state index in [0.717, 1.165) is 9.04 Å². The van der Waals surface area contributed by atoms with Gasteiger partial charge in [0.15, 0.2) is 5.78 Å². The molecule has 4 atom stereocenters. The highest BCUT2D eigenvalue weighted by molar-refractivity contribution is 9.10. The number of rotatable bonds is 4. The molecule has 0 bridgehead atoms. The second kappa shape index (κ2) is 8.42. The summed E-state index contributed by atoms with van der Waals surface area (Å²) in [6.45, 7) is 0. The van der Waals surface area contributed by atoms with Crippen molar-refractivity contribution in [3.8, 4) is 0 Å². The molecule has 1 aromatic carbocycles. The van der Waals surface area contributed by atoms with Crippen LogP contribution in [0.2, 0.25) is 0 Å². The largest absolute Gasteiger partial charge is 0.469 e. The van der Waals surface area contributed by atoms with Crippen molar-refractivity contribution in [2.45, 2.75) is 12.2 Å². The fraction of sp³-hybridized carbons (Fsp3) is 0.409. The Morgan fingerprint density at radius 2 is 1.44 bits per heavy atom. The van der Waals surface area contributed by atoms with Crippen LogP contribution in [0, 0.1) is 11.8 Å². The number of carbonyl (C=O) groups is 3. The summed E-state index contributed by atoms with van der Waals surface area (Å²) in [6, 6.07) is 5.27. The Bertz CT molecular complexity index is 1320. The van der Waals surface area contributed by atoms with E-state index < -0.39 is 53.0 Å². The molecule has 2 aromatic rings. The normalized spacial score (nSPS) is 22.9. The Hall–Kier alpha value is -3.41. The maximum absolute atomic E-state index is 13.8. The van der Waals surface area contributed by atoms with E-state index in [2.05, 4.69) is 15.9 Å². The summed E-state index contributed by atoms with van der Waals surface area (Å²) in [5, 5.41) is 0. The maximum Gasteiger partial charge on any atom is 0.332 e. The van der Waals surface area contributed by atoms with Crippen molar-refractivity contribution in [1.82, 2.24) is 9.13 Å². The van der Waals surface area contributed by atoms with Gasteiger partial charge >= 0.3 is 17.6 Å². The molecule has 3 heterocycles. The highest BCUT2D eigenvalue weighted by atomic mass is 79.9. The predicted molar refractivity (Wildman–Crippen MR) is 125 cm³/mol. The summed E-state index contributed by atoms with van der Waals surface area (Å²) in [4.78, 5) is 68.8. The zero-order valence-electron chi connectivity index (χ0n) is 19.1. The van der Waals surface area contributed by atoms with Crippen LogP contribution < -0.4 is 21.0 Å². The van der Waals surface area contributed by atoms with Gasteiger partial charge in [-0.3, -0.25) is 28.3 Å². The zero-order valence-corrected chi connectivity index (χ0v) is 20.7. The lowest BCUT2D eigenvalue weighted by atomic mass is 9.85. The van der Waals surface area contributed by atoms with Gasteiger partial charge in [0.25, 0.3) is 5.56 Å². The van der Waals surface area contributed by atoms with Crippen LogP contribution in [0.15, 0.2) is 38.3 Å². The number of halogens is 1. The first-order valence-electron chi connectivity index (χ1n) is 10.3. The third-order valence-electron chi connectivity index (χ3n) is 6.58. The van der Waals surface area contributed by atoms with Gasteiger partial charge in [0.2, 0.25) is 0 Å². The fourth-order valence-corrected chi connectivity index (χ4v) is 5.32. The Balaban J connectivity index is 2.03. The van der Waals surface area contributed by atoms with E-state index in [-0.39, 0.29) is 17.1 Å². The van der Waals surface area contributed by atoms with Crippen molar-refractivity contribution in [2.24, 2.45) is 25.9 Å². The molecule has 0 N–H and O–H groups in total. The van der Waals surface area contributed by atoms with Crippen molar-refractivity contribution < 1.29 is 23.9 Å². The van der Waals surface area contributed by atoms with Crippen LogP contribution in [-0.4, -0.2) is 60.3 Å². The van der Waals surface area contributed by atoms with E-state index in [1.54, 1.807) is 36.2 Å². The number of methoxy groups -OCH3 is 2. The molecule has 1 aromatic heterocycles. The van der Waals surface area contributed by atoms with Crippen LogP contribution >= 0.6 is 15.9 Å². The molecular weight excluding hydrogens is 512 g/mol. The van der Waals surface area contributed by atoms with Crippen LogP contribution in [0.1, 0.15) is 10.4 Å². The van der Waals surface area contributed by atoms with E-state index in [1.807, 2.05) is 0 Å². The molecule has 2 aliphatic rings. The Labute approximate surface area is 202 Å². The molecule has 1 saturated heterocycles. The average Bonchev–Trinajstić information content (AvgIpc) is 3.33. The number of benzene rings is 1. The quantitative estimate of drug-likeness (QED) is 0.402. The highest BCUT2D eigenvalue weighted by Gasteiger charge is 2.64. The number of aromatic nitrogens is 2. The standard InChI is InChI=1S/C22H23BrN4O7/c1-24-17-13(21(31)34-5)12(20(30)33-4)14(16(28)10-6-8-11(23)9-7-10)27(17)15-18(24)25(2)22(32)26(3)19(15)29/h6-9,12-14,17H,1-5H3/t12-,13+,14+,17-/m1/s1. The summed E-state index contributed by atoms with van der Waals surface area (Å²) >= 11 is 3.33. The number of carbonyl (C=O) groups excluding carboxylic acids is 3. The van der Waals surface area contributed by atoms with E-state index >= 15 is 0 Å². The first-order valence-corrected chi connectivity index (χ1v) is 11.1. The van der Waals surface area contributed by atoms with Gasteiger partial charge in [0.1, 0.15) is 35.5 Å². The Morgan fingerprint density at radius 3 is 2.00 bits per heavy atom. The number of ether oxygens (including phenoxy) is 2. The monoisotopic (exact) mass is 534 g/mol. The van der Waals surface area contributed by atoms with Crippen LogP contribution in [0.4, 0.5) is 11.5 Å². The molecule has 4 rings (SSSR count). The first-order chi connectivity index (χ1) is 16.1. The van der Waals surface area contributed by atoms with Crippen LogP contribution in [-0.2, 0) is 33.2 Å². The van der Waals surface area contributed by atoms with E-state index in [9.17, 15) is 24.0 Å². The summed E-state index contributed by atoms with van der Waals surface area (Å²) in [5.74, 6) is -4.18. The third kappa shape index (κ3) is 3.19. The minimum atomic E-state index is -1.25. The molecule has 11 nitrogen and oxygen atoms in total. The van der Waals surface area contributed by atoms with Crippen molar-refractivity contribution in [1.29, 1.82) is 0 Å². The van der Waals surface area contributed by atoms with Gasteiger partial charge in [0.05, 0.1) is 14.2 Å². The summed E-state index contributed by atoms with van der Waals surface area (Å²) < 4.78 is 12.9. The number of anilines is 2. The van der Waals surface area contributed by atoms with Gasteiger partial charge in [0, 0.05) is 31.2 Å². The zero-order chi connectivity index (χ0) is 25.1. The maximum atomic E-state index is 13.8. The SMILES string of the molecule is COC(=O)[C@@H]1[C@H](C(=O)OC)[C@@H]2N(C)c3c(c(=O)n(C)c(=O)n3C)N2[C@@H]1C(=O)c1ccc(Br)cc1. The number of fused-ring (bicyclic) bond motifs is 3. The second-order valence-electron chi connectivity index (χ2n) is 8.22. The molecule has 0 spiro atoms. The number of esters is 2. The molecule has 0 amide bonds. The predicted octanol–water partition coefficient (Wildman–Crippen LogP) is 0.272. The molecule has 2 aliphatic heterocycles. The van der Waals surface area contributed by atoms with Gasteiger partial charge in [-0.05, 0) is 12.1 Å². The molecule has 12 heteroatoms. The van der Waals surface area contributed by atoms with E-state index in [1.165, 1.54) is 37.8 Å². The van der Waals surface area contributed by atoms with Crippen LogP contribution in [0.3, 0.4) is 0 Å². The molecule has 180 valence electrons. The number of Topliss-reactive ketones (excluding diaryl/α,β-unsaturated/α-hetero) is 1. The smallest absolute Gasteiger partial charge is 0.332 e. The number of nitrogens with zero attached hydrogens (tertiary/aromatic N) is 4. The van der Waals surface area contributed by atoms with Crippen LogP contribution in [0.5, 0.6) is 0 Å². The number of hydrogen-bond donors (Lipinski definition) is 0. The highest BCUT2D eigenvalue weighted by Crippen LogP contribution is 2.49. The van der Waals surface area contributed by atoms with Gasteiger partial charge in [-0.1, -0.05) is 28.1 Å². The summed E-state index contributed by atoms with van der Waals surface area (Å²) in [6.07, 6.45) is -0.934. The average molecular weight is 535 g/mol. The van der Waals surface area contributed by atoms with Gasteiger partial charge < -0.3 is 19.3 Å². The van der Waals surface area contributed by atoms with Crippen molar-refractivity contribution in [3.05, 3.63) is 55.1 Å². The topological polar surface area (TPSA) is 120 Å². The lowest BCUT2D eigenvalue weighted by Crippen LogP contribution is -2.48. The molecule has 1 fully saturated rings. The summed E-state index contributed by atoms with van der Waals surface area (Å²) in [7, 11) is 6.77. The lowest BCUT2D eigenvalue weighted by Gasteiger charge is -2.28. The van der Waals surface area contributed by atoms with E-state index in [4.69, 9.17) is 9.47 Å². The van der Waals surface area contributed by atoms with Gasteiger partial charge in [-0.2, -0.15) is 0 Å². The number of hydrogen-bond acceptors (Lipinski definition) is 9. The first kappa shape index (κ1) is 23.7. The van der Waals surface area contributed by atoms with E-state index in [0.29, 0.717) is 0 Å². The Morgan fingerprint density at radius 1 is 0.882 bits per heavy atom. The molecule has 0 saturated carbocycles. The Kier molecular flexibility index (Phi) is 5.88. The lowest BCUT2D eigenvalue weighted by molar-refractivity contribution is -0.156. The van der Waals surface area contributed by atoms with Crippen LogP contribution in [0.25, 0.3) is 0 Å². The molecule has 0 aliphatic carbocycles. The third-order valence-corrected chi connectivity index (χ3v) is 7.11. The minimum Gasteiger partial charge on any atom is -0.469 e. The van der Waals surface area contributed by atoms with Gasteiger partial charge in [-0.15, -0.1) is 0 Å². The van der Waals surface area contributed by atoms with Crippen molar-refractivity contribution in [3.63, 3.8) is 0 Å². The molecule has 0 unspecified atom stereocenters.